The molecule has 0 spiro atoms. The van der Waals surface area contributed by atoms with Gasteiger partial charge in [0, 0.05) is 6.42 Å². The number of aryl methyl sites for hydroxylation is 1. The average Bonchev–Trinajstić information content (AvgIpc) is 2.63. The zero-order valence-corrected chi connectivity index (χ0v) is 10.2. The molecule has 1 aliphatic heterocycles. The summed E-state index contributed by atoms with van der Waals surface area (Å²) in [4.78, 5) is 0.115. The van der Waals surface area contributed by atoms with E-state index in [2.05, 4.69) is 0 Å². The van der Waals surface area contributed by atoms with Crippen molar-refractivity contribution in [2.75, 3.05) is 6.61 Å². The minimum atomic E-state index is -3.77. The zero-order valence-electron chi connectivity index (χ0n) is 9.37. The summed E-state index contributed by atoms with van der Waals surface area (Å²) in [5.74, 6) is 0. The third kappa shape index (κ3) is 3.04. The molecule has 0 amide bonds. The lowest BCUT2D eigenvalue weighted by Crippen LogP contribution is -2.19. The summed E-state index contributed by atoms with van der Waals surface area (Å²) in [6.07, 6.45) is -1.38. The molecule has 1 aromatic carbocycles. The first-order chi connectivity index (χ1) is 7.97. The van der Waals surface area contributed by atoms with E-state index in [-0.39, 0.29) is 17.9 Å². The predicted octanol–water partition coefficient (Wildman–Crippen LogP) is 0.808. The second kappa shape index (κ2) is 4.73. The number of hydrogen-bond acceptors (Lipinski definition) is 5. The third-order valence-corrected chi connectivity index (χ3v) is 3.89. The molecule has 1 aromatic rings. The molecular weight excluding hydrogens is 244 g/mol. The maximum absolute atomic E-state index is 11.8. The lowest BCUT2D eigenvalue weighted by molar-refractivity contribution is -0.0594. The first-order valence-electron chi connectivity index (χ1n) is 5.27. The molecule has 5 nitrogen and oxygen atoms in total. The highest BCUT2D eigenvalue weighted by Crippen LogP contribution is 2.20. The fraction of sp³-hybridized carbons (Fsp3) is 0.455. The Hall–Kier alpha value is -0.950. The van der Waals surface area contributed by atoms with Gasteiger partial charge in [0.05, 0.1) is 11.5 Å². The fourth-order valence-corrected chi connectivity index (χ4v) is 2.66. The van der Waals surface area contributed by atoms with Gasteiger partial charge in [-0.2, -0.15) is 8.42 Å². The zero-order chi connectivity index (χ0) is 12.5. The molecule has 0 aliphatic carbocycles. The Morgan fingerprint density at radius 1 is 1.35 bits per heavy atom. The normalized spacial score (nSPS) is 25.1. The molecule has 0 aromatic heterocycles. The van der Waals surface area contributed by atoms with Crippen LogP contribution in [0.15, 0.2) is 29.2 Å². The Morgan fingerprint density at radius 3 is 2.53 bits per heavy atom. The molecule has 2 unspecified atom stereocenters. The van der Waals surface area contributed by atoms with Crippen molar-refractivity contribution in [3.8, 4) is 0 Å². The molecule has 1 aliphatic rings. The van der Waals surface area contributed by atoms with Crippen LogP contribution in [0.3, 0.4) is 0 Å². The highest BCUT2D eigenvalue weighted by molar-refractivity contribution is 7.86. The molecule has 94 valence electrons. The fourth-order valence-electron chi connectivity index (χ4n) is 1.59. The molecule has 1 saturated heterocycles. The van der Waals surface area contributed by atoms with E-state index < -0.39 is 22.5 Å². The molecule has 6 heteroatoms. The van der Waals surface area contributed by atoms with Gasteiger partial charge in [0.1, 0.15) is 6.10 Å². The monoisotopic (exact) mass is 258 g/mol. The number of aliphatic hydroxyl groups is 1. The summed E-state index contributed by atoms with van der Waals surface area (Å²) in [6, 6.07) is 6.40. The summed E-state index contributed by atoms with van der Waals surface area (Å²) in [5, 5.41) is 9.11. The van der Waals surface area contributed by atoms with Crippen LogP contribution in [0.2, 0.25) is 0 Å². The van der Waals surface area contributed by atoms with Crippen LogP contribution < -0.4 is 0 Å². The van der Waals surface area contributed by atoms with E-state index in [1.54, 1.807) is 12.1 Å². The maximum Gasteiger partial charge on any atom is 0.297 e. The SMILES string of the molecule is Cc1ccc(S(=O)(=O)OC2COC(O)C2)cc1. The number of hydrogen-bond donors (Lipinski definition) is 1. The maximum atomic E-state index is 11.8. The number of ether oxygens (including phenoxy) is 1. The van der Waals surface area contributed by atoms with Crippen LogP contribution in [-0.4, -0.2) is 32.5 Å². The van der Waals surface area contributed by atoms with Crippen LogP contribution in [0.5, 0.6) is 0 Å². The van der Waals surface area contributed by atoms with Crippen molar-refractivity contribution in [1.82, 2.24) is 0 Å². The molecule has 2 atom stereocenters. The Bertz CT molecular complexity index is 479. The summed E-state index contributed by atoms with van der Waals surface area (Å²) in [5.41, 5.74) is 0.976. The molecular formula is C11H14O5S. The van der Waals surface area contributed by atoms with E-state index in [0.29, 0.717) is 0 Å². The van der Waals surface area contributed by atoms with Gasteiger partial charge in [-0.15, -0.1) is 0 Å². The van der Waals surface area contributed by atoms with Crippen molar-refractivity contribution in [2.24, 2.45) is 0 Å². The van der Waals surface area contributed by atoms with Crippen LogP contribution in [0, 0.1) is 6.92 Å². The van der Waals surface area contributed by atoms with Crippen molar-refractivity contribution in [1.29, 1.82) is 0 Å². The van der Waals surface area contributed by atoms with Gasteiger partial charge in [0.2, 0.25) is 0 Å². The second-order valence-corrected chi connectivity index (χ2v) is 5.58. The van der Waals surface area contributed by atoms with Gasteiger partial charge < -0.3 is 9.84 Å². The van der Waals surface area contributed by atoms with E-state index in [0.717, 1.165) is 5.56 Å². The second-order valence-electron chi connectivity index (χ2n) is 4.01. The molecule has 17 heavy (non-hydrogen) atoms. The van der Waals surface area contributed by atoms with Gasteiger partial charge >= 0.3 is 0 Å². The smallest absolute Gasteiger partial charge is 0.297 e. The summed E-state index contributed by atoms with van der Waals surface area (Å²) >= 11 is 0. The van der Waals surface area contributed by atoms with Gasteiger partial charge in [-0.05, 0) is 19.1 Å². The Morgan fingerprint density at radius 2 is 2.00 bits per heavy atom. The largest absolute Gasteiger partial charge is 0.368 e. The summed E-state index contributed by atoms with van der Waals surface area (Å²) < 4.78 is 33.5. The molecule has 0 bridgehead atoms. The quantitative estimate of drug-likeness (QED) is 0.812. The Kier molecular flexibility index (Phi) is 3.48. The molecule has 1 fully saturated rings. The highest BCUT2D eigenvalue weighted by Gasteiger charge is 2.29. The van der Waals surface area contributed by atoms with E-state index in [4.69, 9.17) is 14.0 Å². The van der Waals surface area contributed by atoms with Crippen LogP contribution in [-0.2, 0) is 19.0 Å². The number of rotatable bonds is 3. The first-order valence-corrected chi connectivity index (χ1v) is 6.68. The standard InChI is InChI=1S/C11H14O5S/c1-8-2-4-10(5-3-8)17(13,14)16-9-6-11(12)15-7-9/h2-5,9,11-12H,6-7H2,1H3. The van der Waals surface area contributed by atoms with Crippen LogP contribution in [0.4, 0.5) is 0 Å². The van der Waals surface area contributed by atoms with Crippen molar-refractivity contribution in [2.45, 2.75) is 30.6 Å². The highest BCUT2D eigenvalue weighted by atomic mass is 32.2. The van der Waals surface area contributed by atoms with Gasteiger partial charge in [-0.3, -0.25) is 4.18 Å². The van der Waals surface area contributed by atoms with E-state index >= 15 is 0 Å². The summed E-state index contributed by atoms with van der Waals surface area (Å²) in [7, 11) is -3.77. The van der Waals surface area contributed by atoms with Crippen molar-refractivity contribution in [3.05, 3.63) is 29.8 Å². The van der Waals surface area contributed by atoms with Crippen molar-refractivity contribution < 1.29 is 22.4 Å². The number of benzene rings is 1. The van der Waals surface area contributed by atoms with Gasteiger partial charge in [-0.1, -0.05) is 17.7 Å². The first kappa shape index (κ1) is 12.5. The molecule has 2 rings (SSSR count). The van der Waals surface area contributed by atoms with Crippen molar-refractivity contribution in [3.63, 3.8) is 0 Å². The van der Waals surface area contributed by atoms with Gasteiger partial charge in [-0.25, -0.2) is 0 Å². The van der Waals surface area contributed by atoms with Crippen LogP contribution in [0.25, 0.3) is 0 Å². The Balaban J connectivity index is 2.11. The lowest BCUT2D eigenvalue weighted by Gasteiger charge is -2.10. The number of aliphatic hydroxyl groups excluding tert-OH is 1. The van der Waals surface area contributed by atoms with E-state index in [1.807, 2.05) is 6.92 Å². The van der Waals surface area contributed by atoms with E-state index in [1.165, 1.54) is 12.1 Å². The molecule has 1 N–H and O–H groups in total. The molecule has 0 saturated carbocycles. The van der Waals surface area contributed by atoms with Crippen LogP contribution >= 0.6 is 0 Å². The topological polar surface area (TPSA) is 72.8 Å². The van der Waals surface area contributed by atoms with Crippen LogP contribution in [0.1, 0.15) is 12.0 Å². The minimum Gasteiger partial charge on any atom is -0.368 e. The van der Waals surface area contributed by atoms with E-state index in [9.17, 15) is 8.42 Å². The molecule has 0 radical (unpaired) electrons. The average molecular weight is 258 g/mol. The van der Waals surface area contributed by atoms with Crippen molar-refractivity contribution >= 4 is 10.1 Å². The third-order valence-electron chi connectivity index (χ3n) is 2.51. The predicted molar refractivity (Wildman–Crippen MR) is 59.8 cm³/mol. The van der Waals surface area contributed by atoms with Gasteiger partial charge in [0.25, 0.3) is 10.1 Å². The Labute approximate surface area is 100 Å². The lowest BCUT2D eigenvalue weighted by atomic mass is 10.2. The minimum absolute atomic E-state index is 0.0895. The summed E-state index contributed by atoms with van der Waals surface area (Å²) in [6.45, 7) is 1.96. The molecule has 1 heterocycles. The van der Waals surface area contributed by atoms with Gasteiger partial charge in [0.15, 0.2) is 6.29 Å².